The maximum atomic E-state index is 16.5. The lowest BCUT2D eigenvalue weighted by atomic mass is 9.92. The molecule has 4 fully saturated rings. The van der Waals surface area contributed by atoms with E-state index in [0.29, 0.717) is 52.9 Å². The van der Waals surface area contributed by atoms with Crippen molar-refractivity contribution >= 4 is 58.4 Å². The Labute approximate surface area is 355 Å². The minimum absolute atomic E-state index is 0.0673. The summed E-state index contributed by atoms with van der Waals surface area (Å²) in [7, 11) is 0. The molecule has 0 aromatic heterocycles. The molecular weight excluding hydrogens is 788 g/mol. The predicted octanol–water partition coefficient (Wildman–Crippen LogP) is 3.78. The first-order valence-electron chi connectivity index (χ1n) is 22.9. The normalized spacial score (nSPS) is 28.4. The van der Waals surface area contributed by atoms with Crippen LogP contribution in [0.2, 0.25) is 5.02 Å². The van der Waals surface area contributed by atoms with Crippen molar-refractivity contribution in [3.63, 3.8) is 0 Å². The van der Waals surface area contributed by atoms with Gasteiger partial charge in [-0.05, 0) is 81.2 Å². The van der Waals surface area contributed by atoms with E-state index in [-0.39, 0.29) is 66.7 Å². The molecule has 310 valence electrons. The Morgan fingerprint density at radius 1 is 1.00 bits per heavy atom. The van der Waals surface area contributed by atoms with Crippen LogP contribution in [0.15, 0.2) is 36.4 Å². The number of amidine groups is 1. The van der Waals surface area contributed by atoms with Crippen molar-refractivity contribution in [1.29, 1.82) is 16.1 Å². The van der Waals surface area contributed by atoms with Crippen LogP contribution in [0.1, 0.15) is 88.6 Å². The van der Waals surface area contributed by atoms with Crippen LogP contribution in [0, 0.1) is 39.7 Å². The van der Waals surface area contributed by atoms with Gasteiger partial charge in [0.1, 0.15) is 40.9 Å². The Morgan fingerprint density at radius 2 is 1.71 bits per heavy atom. The quantitative estimate of drug-likeness (QED) is 0.155. The van der Waals surface area contributed by atoms with Crippen molar-refractivity contribution in [3.05, 3.63) is 69.8 Å². The molecular formula is C41H44ClF2N9O6. The summed E-state index contributed by atoms with van der Waals surface area (Å²) >= 11 is 6.10. The van der Waals surface area contributed by atoms with Gasteiger partial charge in [-0.1, -0.05) is 11.6 Å². The average Bonchev–Trinajstić information content (AvgIpc) is 3.51. The Hall–Kier alpha value is -5.73. The first-order chi connectivity index (χ1) is 31.3. The van der Waals surface area contributed by atoms with E-state index in [0.717, 1.165) is 0 Å². The van der Waals surface area contributed by atoms with Gasteiger partial charge < -0.3 is 19.9 Å². The van der Waals surface area contributed by atoms with Crippen LogP contribution in [0.25, 0.3) is 0 Å². The second-order valence-corrected chi connectivity index (χ2v) is 15.1. The van der Waals surface area contributed by atoms with Gasteiger partial charge >= 0.3 is 0 Å². The number of carbonyl (C=O) groups excluding carboxylic acids is 5. The number of benzene rings is 2. The minimum Gasteiger partial charge on any atom is -0.490 e. The first kappa shape index (κ1) is 32.2. The third kappa shape index (κ3) is 8.98. The SMILES string of the molecule is [2H]C1([2H])N(CC2CCN(C(=N)/C=C\C(=N)C(=O)NC3CCC(Oc4ccc(C#N)c(Cl)c4)CC3)CC2)C([2H])([2H])C([2H])([2H])N(c2c(F)cc3c(c2F)C(=O)N(C2CCC(=O)NC2=O)C3=O)C1([2H])[2H]. The molecule has 1 atom stereocenters. The molecule has 0 bridgehead atoms. The second-order valence-electron chi connectivity index (χ2n) is 14.7. The van der Waals surface area contributed by atoms with E-state index in [1.807, 2.05) is 11.4 Å². The van der Waals surface area contributed by atoms with Crippen molar-refractivity contribution in [2.75, 3.05) is 50.5 Å². The molecule has 1 saturated carbocycles. The van der Waals surface area contributed by atoms with Crippen LogP contribution in [0.5, 0.6) is 5.75 Å². The van der Waals surface area contributed by atoms with E-state index in [2.05, 4.69) is 5.32 Å². The van der Waals surface area contributed by atoms with Crippen LogP contribution in [0.3, 0.4) is 0 Å². The van der Waals surface area contributed by atoms with Gasteiger partial charge in [0.2, 0.25) is 11.8 Å². The monoisotopic (exact) mass is 839 g/mol. The van der Waals surface area contributed by atoms with Crippen molar-refractivity contribution in [2.24, 2.45) is 5.92 Å². The summed E-state index contributed by atoms with van der Waals surface area (Å²) in [6, 6.07) is 5.30. The minimum atomic E-state index is -3.77. The maximum absolute atomic E-state index is 16.5. The molecule has 59 heavy (non-hydrogen) atoms. The zero-order chi connectivity index (χ0) is 49.1. The van der Waals surface area contributed by atoms with E-state index >= 15 is 8.78 Å². The van der Waals surface area contributed by atoms with E-state index in [9.17, 15) is 24.0 Å². The molecule has 15 nitrogen and oxygen atoms in total. The average molecular weight is 840 g/mol. The van der Waals surface area contributed by atoms with Gasteiger partial charge in [-0.3, -0.25) is 49.9 Å². The molecule has 5 aliphatic rings. The number of likely N-dealkylation sites (tertiary alicyclic amines) is 1. The lowest BCUT2D eigenvalue weighted by Gasteiger charge is -2.40. The molecule has 0 spiro atoms. The van der Waals surface area contributed by atoms with E-state index in [4.69, 9.17) is 43.4 Å². The Morgan fingerprint density at radius 3 is 2.37 bits per heavy atom. The highest BCUT2D eigenvalue weighted by atomic mass is 35.5. The number of halogens is 3. The highest BCUT2D eigenvalue weighted by Crippen LogP contribution is 2.36. The van der Waals surface area contributed by atoms with Gasteiger partial charge in [0, 0.05) is 69.6 Å². The highest BCUT2D eigenvalue weighted by molar-refractivity contribution is 6.42. The van der Waals surface area contributed by atoms with Crippen molar-refractivity contribution in [2.45, 2.75) is 69.6 Å². The molecule has 2 aromatic rings. The molecule has 1 unspecified atom stereocenters. The lowest BCUT2D eigenvalue weighted by Crippen LogP contribution is -2.54. The summed E-state index contributed by atoms with van der Waals surface area (Å²) in [4.78, 5) is 65.6. The number of nitriles is 1. The zero-order valence-corrected chi connectivity index (χ0v) is 32.1. The summed E-state index contributed by atoms with van der Waals surface area (Å²) in [6.07, 6.45) is 4.43. The number of rotatable bonds is 10. The molecule has 4 heterocycles. The standard InChI is InChI=1S/C41H44ClF2N9O6/c42-29-19-27(4-1-24(29)21-45)59-26-5-2-25(3-6-26)48-38(55)31(46)7-9-33(47)51-13-11-23(12-14-51)22-50-15-17-52(18-16-50)37-30(43)20-28-35(36(37)44)41(58)53(40(28)57)32-8-10-34(54)49-39(32)56/h1,4,7,9,19-20,23,25-26,32,46-47H,2-3,5-6,8,10-18,22H2,(H,48,55)(H,49,54,56)/b9-7-,46-31?,47-33?/i15D2,16D2,17D2,18D2. The molecule has 0 radical (unpaired) electrons. The number of piperazine rings is 1. The van der Waals surface area contributed by atoms with Crippen LogP contribution in [0.4, 0.5) is 14.5 Å². The number of nitrogens with zero attached hydrogens (tertiary/aromatic N) is 5. The lowest BCUT2D eigenvalue weighted by molar-refractivity contribution is -0.136. The number of anilines is 1. The number of hydrogen-bond donors (Lipinski definition) is 4. The highest BCUT2D eigenvalue weighted by Gasteiger charge is 2.47. The molecule has 7 rings (SSSR count). The Balaban J connectivity index is 0.962. The largest absolute Gasteiger partial charge is 0.490 e. The van der Waals surface area contributed by atoms with Crippen LogP contribution in [-0.4, -0.2) is 120 Å². The topological polar surface area (TPSA) is 203 Å². The number of carbonyl (C=O) groups is 5. The van der Waals surface area contributed by atoms with Gasteiger partial charge in [-0.25, -0.2) is 8.78 Å². The fourth-order valence-corrected chi connectivity index (χ4v) is 7.84. The van der Waals surface area contributed by atoms with Gasteiger partial charge in [0.05, 0.1) is 33.3 Å². The van der Waals surface area contributed by atoms with Gasteiger partial charge in [0.15, 0.2) is 5.82 Å². The zero-order valence-electron chi connectivity index (χ0n) is 39.4. The summed E-state index contributed by atoms with van der Waals surface area (Å²) in [5, 5.41) is 31.0. The van der Waals surface area contributed by atoms with E-state index in [1.54, 1.807) is 23.1 Å². The Kier molecular flexibility index (Phi) is 9.61. The Bertz CT molecular complexity index is 2500. The smallest absolute Gasteiger partial charge is 0.269 e. The summed E-state index contributed by atoms with van der Waals surface area (Å²) in [5.74, 6) is -9.19. The number of fused-ring (bicyclic) bond motifs is 1. The summed E-state index contributed by atoms with van der Waals surface area (Å²) < 4.78 is 109. The maximum Gasteiger partial charge on any atom is 0.269 e. The fourth-order valence-electron chi connectivity index (χ4n) is 7.62. The number of ether oxygens (including phenoxy) is 1. The molecule has 2 aromatic carbocycles. The molecule has 4 N–H and O–H groups in total. The summed E-state index contributed by atoms with van der Waals surface area (Å²) in [5.41, 5.74) is -3.81. The second kappa shape index (κ2) is 17.6. The first-order valence-corrected chi connectivity index (χ1v) is 19.3. The van der Waals surface area contributed by atoms with E-state index in [1.165, 1.54) is 12.2 Å². The van der Waals surface area contributed by atoms with Crippen LogP contribution >= 0.6 is 11.6 Å². The number of imide groups is 2. The van der Waals surface area contributed by atoms with Crippen molar-refractivity contribution in [3.8, 4) is 11.8 Å². The third-order valence-corrected chi connectivity index (χ3v) is 11.1. The molecule has 18 heteroatoms. The third-order valence-electron chi connectivity index (χ3n) is 10.8. The van der Waals surface area contributed by atoms with Gasteiger partial charge in [-0.15, -0.1) is 0 Å². The van der Waals surface area contributed by atoms with Crippen molar-refractivity contribution in [1.82, 2.24) is 25.3 Å². The van der Waals surface area contributed by atoms with Crippen molar-refractivity contribution < 1.29 is 48.5 Å². The van der Waals surface area contributed by atoms with Gasteiger partial charge in [0.25, 0.3) is 17.7 Å². The van der Waals surface area contributed by atoms with Crippen LogP contribution < -0.4 is 20.3 Å². The fraction of sp³-hybridized carbons (Fsp3) is 0.463. The number of piperidine rings is 2. The number of nitrogens with one attached hydrogen (secondary N) is 4. The van der Waals surface area contributed by atoms with E-state index < -0.39 is 108 Å². The molecule has 3 saturated heterocycles. The molecule has 5 amide bonds. The number of amides is 5. The predicted molar refractivity (Wildman–Crippen MR) is 212 cm³/mol. The molecule has 1 aliphatic carbocycles. The summed E-state index contributed by atoms with van der Waals surface area (Å²) in [6.45, 7) is -14.9. The molecule has 4 aliphatic heterocycles. The van der Waals surface area contributed by atoms with Crippen LogP contribution in [-0.2, 0) is 14.4 Å². The number of hydrogen-bond acceptors (Lipinski definition) is 11. The van der Waals surface area contributed by atoms with Gasteiger partial charge in [-0.2, -0.15) is 5.26 Å².